The molecule has 0 bridgehead atoms. The summed E-state index contributed by atoms with van der Waals surface area (Å²) >= 11 is 0. The number of rotatable bonds is 3. The van der Waals surface area contributed by atoms with Crippen LogP contribution in [-0.2, 0) is 18.9 Å². The zero-order valence-corrected chi connectivity index (χ0v) is 8.97. The van der Waals surface area contributed by atoms with E-state index in [1.54, 1.807) is 14.2 Å². The molecule has 0 unspecified atom stereocenters. The Kier molecular flexibility index (Phi) is 4.28. The van der Waals surface area contributed by atoms with E-state index in [-0.39, 0.29) is 18.3 Å². The highest BCUT2D eigenvalue weighted by atomic mass is 16.7. The largest absolute Gasteiger partial charge is 0.376 e. The molecule has 0 aliphatic carbocycles. The Balaban J connectivity index is 2.76. The van der Waals surface area contributed by atoms with Crippen molar-refractivity contribution in [3.63, 3.8) is 0 Å². The topological polar surface area (TPSA) is 57.2 Å². The van der Waals surface area contributed by atoms with E-state index in [0.29, 0.717) is 0 Å². The predicted octanol–water partition coefficient (Wildman–Crippen LogP) is -0.231. The normalized spacial score (nSPS) is 43.9. The molecule has 0 aromatic carbocycles. The van der Waals surface area contributed by atoms with Gasteiger partial charge in [0, 0.05) is 21.3 Å². The Labute approximate surface area is 83.9 Å². The lowest BCUT2D eigenvalue weighted by atomic mass is 9.99. The molecule has 0 aromatic rings. The maximum absolute atomic E-state index is 9.57. The SMILES string of the molecule is CO[C@@H]1[C@@H](OC)[C@@H](O)O[C@H](C)[C@H]1OC. The fourth-order valence-corrected chi connectivity index (χ4v) is 1.84. The molecule has 5 nitrogen and oxygen atoms in total. The number of hydrogen-bond acceptors (Lipinski definition) is 5. The van der Waals surface area contributed by atoms with Crippen LogP contribution in [0.25, 0.3) is 0 Å². The zero-order chi connectivity index (χ0) is 10.7. The van der Waals surface area contributed by atoms with E-state index in [1.807, 2.05) is 6.92 Å². The van der Waals surface area contributed by atoms with Crippen molar-refractivity contribution in [2.24, 2.45) is 0 Å². The lowest BCUT2D eigenvalue weighted by Gasteiger charge is -2.41. The quantitative estimate of drug-likeness (QED) is 0.691. The lowest BCUT2D eigenvalue weighted by molar-refractivity contribution is -0.291. The summed E-state index contributed by atoms with van der Waals surface area (Å²) in [7, 11) is 4.65. The molecular weight excluding hydrogens is 188 g/mol. The van der Waals surface area contributed by atoms with E-state index in [0.717, 1.165) is 0 Å². The van der Waals surface area contributed by atoms with Crippen LogP contribution in [0.1, 0.15) is 6.92 Å². The fraction of sp³-hybridized carbons (Fsp3) is 1.00. The van der Waals surface area contributed by atoms with Gasteiger partial charge < -0.3 is 24.1 Å². The number of ether oxygens (including phenoxy) is 4. The maximum atomic E-state index is 9.57. The minimum absolute atomic E-state index is 0.216. The highest BCUT2D eigenvalue weighted by Gasteiger charge is 2.44. The number of methoxy groups -OCH3 is 3. The second-order valence-electron chi connectivity index (χ2n) is 3.33. The number of hydrogen-bond donors (Lipinski definition) is 1. The first-order valence-corrected chi connectivity index (χ1v) is 4.57. The van der Waals surface area contributed by atoms with E-state index in [4.69, 9.17) is 18.9 Å². The molecule has 1 saturated heterocycles. The van der Waals surface area contributed by atoms with Crippen molar-refractivity contribution >= 4 is 0 Å². The van der Waals surface area contributed by atoms with Gasteiger partial charge in [0.05, 0.1) is 6.10 Å². The van der Waals surface area contributed by atoms with Gasteiger partial charge in [0.1, 0.15) is 18.3 Å². The molecule has 1 rings (SSSR count). The molecule has 1 heterocycles. The lowest BCUT2D eigenvalue weighted by Crippen LogP contribution is -2.58. The summed E-state index contributed by atoms with van der Waals surface area (Å²) in [5.74, 6) is 0. The summed E-state index contributed by atoms with van der Waals surface area (Å²) in [6, 6.07) is 0. The average molecular weight is 206 g/mol. The second kappa shape index (κ2) is 5.04. The molecule has 5 atom stereocenters. The summed E-state index contributed by atoms with van der Waals surface area (Å²) in [6.45, 7) is 1.83. The van der Waals surface area contributed by atoms with Gasteiger partial charge in [0.2, 0.25) is 0 Å². The van der Waals surface area contributed by atoms with Crippen molar-refractivity contribution in [1.29, 1.82) is 0 Å². The van der Waals surface area contributed by atoms with Crippen LogP contribution in [0.3, 0.4) is 0 Å². The van der Waals surface area contributed by atoms with Gasteiger partial charge in [-0.05, 0) is 6.92 Å². The smallest absolute Gasteiger partial charge is 0.184 e. The van der Waals surface area contributed by atoms with Crippen LogP contribution in [0.4, 0.5) is 0 Å². The average Bonchev–Trinajstić information content (AvgIpc) is 2.16. The minimum atomic E-state index is -0.966. The summed E-state index contributed by atoms with van der Waals surface area (Å²) < 4.78 is 20.9. The van der Waals surface area contributed by atoms with Crippen molar-refractivity contribution in [2.75, 3.05) is 21.3 Å². The third-order valence-electron chi connectivity index (χ3n) is 2.56. The highest BCUT2D eigenvalue weighted by Crippen LogP contribution is 2.25. The fourth-order valence-electron chi connectivity index (χ4n) is 1.84. The van der Waals surface area contributed by atoms with Gasteiger partial charge in [0.15, 0.2) is 6.29 Å². The van der Waals surface area contributed by atoms with Crippen LogP contribution >= 0.6 is 0 Å². The highest BCUT2D eigenvalue weighted by molar-refractivity contribution is 4.89. The van der Waals surface area contributed by atoms with Crippen LogP contribution in [0.2, 0.25) is 0 Å². The van der Waals surface area contributed by atoms with Crippen molar-refractivity contribution in [3.05, 3.63) is 0 Å². The van der Waals surface area contributed by atoms with Gasteiger partial charge in [-0.2, -0.15) is 0 Å². The molecule has 1 aliphatic heterocycles. The Morgan fingerprint density at radius 3 is 1.86 bits per heavy atom. The first kappa shape index (κ1) is 11.9. The van der Waals surface area contributed by atoms with Crippen molar-refractivity contribution < 1.29 is 24.1 Å². The third-order valence-corrected chi connectivity index (χ3v) is 2.56. The minimum Gasteiger partial charge on any atom is -0.376 e. The van der Waals surface area contributed by atoms with Crippen LogP contribution in [0, 0.1) is 0 Å². The van der Waals surface area contributed by atoms with E-state index >= 15 is 0 Å². The van der Waals surface area contributed by atoms with Crippen molar-refractivity contribution in [2.45, 2.75) is 37.6 Å². The maximum Gasteiger partial charge on any atom is 0.184 e. The third kappa shape index (κ3) is 2.07. The van der Waals surface area contributed by atoms with Gasteiger partial charge in [-0.25, -0.2) is 0 Å². The summed E-state index contributed by atoms with van der Waals surface area (Å²) in [5.41, 5.74) is 0. The molecule has 1 aliphatic rings. The monoisotopic (exact) mass is 206 g/mol. The predicted molar refractivity (Wildman–Crippen MR) is 48.9 cm³/mol. The van der Waals surface area contributed by atoms with Crippen LogP contribution in [0.15, 0.2) is 0 Å². The van der Waals surface area contributed by atoms with Crippen LogP contribution in [-0.4, -0.2) is 57.1 Å². The van der Waals surface area contributed by atoms with Gasteiger partial charge in [-0.3, -0.25) is 0 Å². The van der Waals surface area contributed by atoms with Gasteiger partial charge >= 0.3 is 0 Å². The molecule has 5 heteroatoms. The molecule has 1 N–H and O–H groups in total. The first-order chi connectivity index (χ1) is 6.65. The van der Waals surface area contributed by atoms with Gasteiger partial charge in [0.25, 0.3) is 0 Å². The van der Waals surface area contributed by atoms with E-state index < -0.39 is 12.4 Å². The zero-order valence-electron chi connectivity index (χ0n) is 8.97. The molecule has 0 spiro atoms. The molecule has 84 valence electrons. The molecule has 0 saturated carbocycles. The van der Waals surface area contributed by atoms with E-state index in [9.17, 15) is 5.11 Å². The molecule has 14 heavy (non-hydrogen) atoms. The Morgan fingerprint density at radius 1 is 0.929 bits per heavy atom. The van der Waals surface area contributed by atoms with Gasteiger partial charge in [-0.1, -0.05) is 0 Å². The summed E-state index contributed by atoms with van der Waals surface area (Å²) in [4.78, 5) is 0. The molecule has 1 fully saturated rings. The summed E-state index contributed by atoms with van der Waals surface area (Å²) in [5, 5.41) is 9.57. The van der Waals surface area contributed by atoms with Crippen LogP contribution < -0.4 is 0 Å². The van der Waals surface area contributed by atoms with Crippen molar-refractivity contribution in [3.8, 4) is 0 Å². The Bertz CT molecular complexity index is 159. The Hall–Kier alpha value is -0.200. The standard InChI is InChI=1S/C9H18O5/c1-5-6(11-2)7(12-3)8(13-4)9(10)14-5/h5-10H,1-4H3/t5-,6-,7+,8-,9+/m1/s1. The van der Waals surface area contributed by atoms with Gasteiger partial charge in [-0.15, -0.1) is 0 Å². The summed E-state index contributed by atoms with van der Waals surface area (Å²) in [6.07, 6.45) is -2.24. The molecule has 0 amide bonds. The van der Waals surface area contributed by atoms with Crippen LogP contribution in [0.5, 0.6) is 0 Å². The van der Waals surface area contributed by atoms with E-state index in [2.05, 4.69) is 0 Å². The molecular formula is C9H18O5. The Morgan fingerprint density at radius 2 is 1.43 bits per heavy atom. The van der Waals surface area contributed by atoms with Crippen molar-refractivity contribution in [1.82, 2.24) is 0 Å². The molecule has 0 radical (unpaired) electrons. The second-order valence-corrected chi connectivity index (χ2v) is 3.33. The first-order valence-electron chi connectivity index (χ1n) is 4.57. The van der Waals surface area contributed by atoms with E-state index in [1.165, 1.54) is 7.11 Å². The molecule has 0 aromatic heterocycles. The number of aliphatic hydroxyl groups excluding tert-OH is 1. The number of aliphatic hydroxyl groups is 1.